The Bertz CT molecular complexity index is 680. The molecule has 1 fully saturated rings. The molecule has 1 aromatic carbocycles. The van der Waals surface area contributed by atoms with E-state index < -0.39 is 0 Å². The van der Waals surface area contributed by atoms with E-state index in [0.717, 1.165) is 36.7 Å². The van der Waals surface area contributed by atoms with Crippen LogP contribution in [0.15, 0.2) is 36.5 Å². The third-order valence-corrected chi connectivity index (χ3v) is 4.92. The summed E-state index contributed by atoms with van der Waals surface area (Å²) in [6.07, 6.45) is 5.23. The lowest BCUT2D eigenvalue weighted by Crippen LogP contribution is -2.49. The summed E-state index contributed by atoms with van der Waals surface area (Å²) in [5.41, 5.74) is 8.06. The number of pyridine rings is 1. The second kappa shape index (κ2) is 7.09. The summed E-state index contributed by atoms with van der Waals surface area (Å²) in [7, 11) is 0. The smallest absolute Gasteiger partial charge is 0.223 e. The minimum absolute atomic E-state index is 0.209. The van der Waals surface area contributed by atoms with Gasteiger partial charge in [-0.2, -0.15) is 0 Å². The van der Waals surface area contributed by atoms with Gasteiger partial charge in [-0.1, -0.05) is 25.1 Å². The molecule has 2 N–H and O–H groups in total. The molecule has 2 atom stereocenters. The predicted octanol–water partition coefficient (Wildman–Crippen LogP) is 2.75. The molecule has 23 heavy (non-hydrogen) atoms. The number of carbonyl (C=O) groups excluding carboxylic acids is 1. The zero-order valence-electron chi connectivity index (χ0n) is 13.7. The van der Waals surface area contributed by atoms with Gasteiger partial charge in [0, 0.05) is 37.1 Å². The highest BCUT2D eigenvalue weighted by atomic mass is 16.2. The van der Waals surface area contributed by atoms with Crippen LogP contribution < -0.4 is 5.73 Å². The van der Waals surface area contributed by atoms with Gasteiger partial charge in [0.1, 0.15) is 0 Å². The van der Waals surface area contributed by atoms with Gasteiger partial charge in [-0.3, -0.25) is 9.78 Å². The van der Waals surface area contributed by atoms with Crippen molar-refractivity contribution in [2.75, 3.05) is 13.1 Å². The van der Waals surface area contributed by atoms with Crippen LogP contribution in [-0.4, -0.2) is 34.9 Å². The Kier molecular flexibility index (Phi) is 4.91. The number of nitrogens with zero attached hydrogens (tertiary/aromatic N) is 2. The van der Waals surface area contributed by atoms with Gasteiger partial charge in [-0.25, -0.2) is 0 Å². The van der Waals surface area contributed by atoms with E-state index in [1.54, 1.807) is 0 Å². The van der Waals surface area contributed by atoms with Gasteiger partial charge in [0.2, 0.25) is 5.91 Å². The number of likely N-dealkylation sites (tertiary alicyclic amines) is 1. The van der Waals surface area contributed by atoms with Crippen LogP contribution in [0.5, 0.6) is 0 Å². The average molecular weight is 311 g/mol. The predicted molar refractivity (Wildman–Crippen MR) is 93.0 cm³/mol. The molecule has 0 bridgehead atoms. The standard InChI is InChI=1S/C19H25N3O/c1-14-9-11-22(16(12-14)13-20)19(23)7-6-15-8-10-21-18-5-3-2-4-17(15)18/h2-5,8,10,14,16H,6-7,9,11-13,20H2,1H3. The first kappa shape index (κ1) is 15.9. The van der Waals surface area contributed by atoms with Crippen LogP contribution in [0.3, 0.4) is 0 Å². The van der Waals surface area contributed by atoms with E-state index >= 15 is 0 Å². The van der Waals surface area contributed by atoms with Gasteiger partial charge in [0.15, 0.2) is 0 Å². The number of hydrogen-bond acceptors (Lipinski definition) is 3. The Hall–Kier alpha value is -1.94. The Morgan fingerprint density at radius 3 is 3.00 bits per heavy atom. The molecule has 0 radical (unpaired) electrons. The third kappa shape index (κ3) is 3.53. The first-order valence-corrected chi connectivity index (χ1v) is 8.51. The number of amides is 1. The second-order valence-corrected chi connectivity index (χ2v) is 6.59. The summed E-state index contributed by atoms with van der Waals surface area (Å²) in [4.78, 5) is 19.0. The van der Waals surface area contributed by atoms with E-state index in [9.17, 15) is 4.79 Å². The summed E-state index contributed by atoms with van der Waals surface area (Å²) in [6.45, 7) is 3.65. The maximum Gasteiger partial charge on any atom is 0.223 e. The number of rotatable bonds is 4. The molecule has 1 aliphatic heterocycles. The van der Waals surface area contributed by atoms with Gasteiger partial charge >= 0.3 is 0 Å². The fourth-order valence-corrected chi connectivity index (χ4v) is 3.56. The molecule has 1 saturated heterocycles. The van der Waals surface area contributed by atoms with E-state index in [1.165, 1.54) is 5.56 Å². The van der Waals surface area contributed by atoms with Gasteiger partial charge in [0.05, 0.1) is 5.52 Å². The van der Waals surface area contributed by atoms with E-state index in [0.29, 0.717) is 18.9 Å². The number of nitrogens with two attached hydrogens (primary N) is 1. The van der Waals surface area contributed by atoms with Crippen molar-refractivity contribution < 1.29 is 4.79 Å². The van der Waals surface area contributed by atoms with Crippen molar-refractivity contribution in [1.29, 1.82) is 0 Å². The molecule has 2 aromatic rings. The number of aryl methyl sites for hydroxylation is 1. The van der Waals surface area contributed by atoms with Crippen molar-refractivity contribution in [2.24, 2.45) is 11.7 Å². The highest BCUT2D eigenvalue weighted by Crippen LogP contribution is 2.23. The Labute approximate surface area is 137 Å². The molecular formula is C19H25N3O. The molecule has 0 aliphatic carbocycles. The van der Waals surface area contributed by atoms with Crippen LogP contribution in [0.2, 0.25) is 0 Å². The number of aromatic nitrogens is 1. The van der Waals surface area contributed by atoms with E-state index in [2.05, 4.69) is 18.0 Å². The SMILES string of the molecule is CC1CCN(C(=O)CCc2ccnc3ccccc23)C(CN)C1. The molecule has 4 heteroatoms. The molecule has 0 saturated carbocycles. The van der Waals surface area contributed by atoms with Crippen molar-refractivity contribution in [3.05, 3.63) is 42.1 Å². The molecule has 1 aromatic heterocycles. The lowest BCUT2D eigenvalue weighted by Gasteiger charge is -2.38. The van der Waals surface area contributed by atoms with Crippen LogP contribution in [0, 0.1) is 5.92 Å². The van der Waals surface area contributed by atoms with Gasteiger partial charge in [0.25, 0.3) is 0 Å². The average Bonchev–Trinajstić information content (AvgIpc) is 2.59. The molecule has 122 valence electrons. The molecule has 4 nitrogen and oxygen atoms in total. The minimum Gasteiger partial charge on any atom is -0.338 e. The van der Waals surface area contributed by atoms with Crippen molar-refractivity contribution >= 4 is 16.8 Å². The normalized spacial score (nSPS) is 21.6. The van der Waals surface area contributed by atoms with Gasteiger partial charge in [-0.05, 0) is 42.9 Å². The first-order chi connectivity index (χ1) is 11.2. The molecule has 2 unspecified atom stereocenters. The maximum absolute atomic E-state index is 12.6. The van der Waals surface area contributed by atoms with Crippen molar-refractivity contribution in [1.82, 2.24) is 9.88 Å². The Morgan fingerprint density at radius 1 is 1.35 bits per heavy atom. The van der Waals surface area contributed by atoms with Gasteiger partial charge in [-0.15, -0.1) is 0 Å². The quantitative estimate of drug-likeness (QED) is 0.944. The van der Waals surface area contributed by atoms with Crippen molar-refractivity contribution in [3.63, 3.8) is 0 Å². The fourth-order valence-electron chi connectivity index (χ4n) is 3.56. The monoisotopic (exact) mass is 311 g/mol. The summed E-state index contributed by atoms with van der Waals surface area (Å²) < 4.78 is 0. The largest absolute Gasteiger partial charge is 0.338 e. The molecule has 1 amide bonds. The van der Waals surface area contributed by atoms with Crippen LogP contribution in [0.4, 0.5) is 0 Å². The van der Waals surface area contributed by atoms with E-state index in [-0.39, 0.29) is 11.9 Å². The summed E-state index contributed by atoms with van der Waals surface area (Å²) in [6, 6.07) is 10.3. The van der Waals surface area contributed by atoms with E-state index in [1.807, 2.05) is 35.4 Å². The number of hydrogen-bond donors (Lipinski definition) is 1. The zero-order chi connectivity index (χ0) is 16.2. The number of fused-ring (bicyclic) bond motifs is 1. The Morgan fingerprint density at radius 2 is 2.17 bits per heavy atom. The summed E-state index contributed by atoms with van der Waals surface area (Å²) in [5.74, 6) is 0.894. The zero-order valence-corrected chi connectivity index (χ0v) is 13.7. The number of piperidine rings is 1. The fraction of sp³-hybridized carbons (Fsp3) is 0.474. The highest BCUT2D eigenvalue weighted by molar-refractivity contribution is 5.83. The number of benzene rings is 1. The summed E-state index contributed by atoms with van der Waals surface area (Å²) in [5, 5.41) is 1.14. The molecule has 3 rings (SSSR count). The second-order valence-electron chi connectivity index (χ2n) is 6.59. The van der Waals surface area contributed by atoms with Crippen LogP contribution in [-0.2, 0) is 11.2 Å². The molecule has 0 spiro atoms. The van der Waals surface area contributed by atoms with Crippen LogP contribution >= 0.6 is 0 Å². The third-order valence-electron chi connectivity index (χ3n) is 4.92. The van der Waals surface area contributed by atoms with Crippen molar-refractivity contribution in [2.45, 2.75) is 38.6 Å². The van der Waals surface area contributed by atoms with Crippen LogP contribution in [0.1, 0.15) is 31.7 Å². The maximum atomic E-state index is 12.6. The first-order valence-electron chi connectivity index (χ1n) is 8.51. The van der Waals surface area contributed by atoms with E-state index in [4.69, 9.17) is 5.73 Å². The Balaban J connectivity index is 1.68. The molecule has 2 heterocycles. The highest BCUT2D eigenvalue weighted by Gasteiger charge is 2.28. The molecular weight excluding hydrogens is 286 g/mol. The summed E-state index contributed by atoms with van der Waals surface area (Å²) >= 11 is 0. The minimum atomic E-state index is 0.209. The lowest BCUT2D eigenvalue weighted by molar-refractivity contribution is -0.135. The topological polar surface area (TPSA) is 59.2 Å². The lowest BCUT2D eigenvalue weighted by atomic mass is 9.92. The van der Waals surface area contributed by atoms with Crippen molar-refractivity contribution in [3.8, 4) is 0 Å². The number of para-hydroxylation sites is 1. The van der Waals surface area contributed by atoms with Gasteiger partial charge < -0.3 is 10.6 Å². The molecule has 1 aliphatic rings. The van der Waals surface area contributed by atoms with Crippen LogP contribution in [0.25, 0.3) is 10.9 Å². The number of carbonyl (C=O) groups is 1.